The van der Waals surface area contributed by atoms with Gasteiger partial charge >= 0.3 is 0 Å². The van der Waals surface area contributed by atoms with Gasteiger partial charge in [-0.2, -0.15) is 12.7 Å². The van der Waals surface area contributed by atoms with E-state index in [1.54, 1.807) is 4.31 Å². The van der Waals surface area contributed by atoms with E-state index in [1.807, 2.05) is 6.92 Å². The van der Waals surface area contributed by atoms with Crippen LogP contribution < -0.4 is 4.72 Å². The van der Waals surface area contributed by atoms with Crippen LogP contribution in [0.15, 0.2) is 0 Å². The van der Waals surface area contributed by atoms with E-state index in [4.69, 9.17) is 0 Å². The standard InChI is InChI=1S/C12H27N3O2S/c1-3-8-15(18(16,17)13-2)12-11-14-9-6-4-5-7-10-14/h13H,3-12H2,1-2H3. The smallest absolute Gasteiger partial charge is 0.279 e. The third-order valence-corrected chi connectivity index (χ3v) is 5.00. The molecular formula is C12H27N3O2S. The summed E-state index contributed by atoms with van der Waals surface area (Å²) in [5.41, 5.74) is 0. The van der Waals surface area contributed by atoms with E-state index in [1.165, 1.54) is 32.7 Å². The molecule has 0 aliphatic carbocycles. The summed E-state index contributed by atoms with van der Waals surface area (Å²) in [5, 5.41) is 0. The molecule has 1 saturated heterocycles. The summed E-state index contributed by atoms with van der Waals surface area (Å²) in [6, 6.07) is 0. The minimum Gasteiger partial charge on any atom is -0.302 e. The normalized spacial score (nSPS) is 19.1. The maximum absolute atomic E-state index is 11.8. The average molecular weight is 277 g/mol. The lowest BCUT2D eigenvalue weighted by Gasteiger charge is -2.25. The summed E-state index contributed by atoms with van der Waals surface area (Å²) < 4.78 is 27.6. The molecule has 0 saturated carbocycles. The zero-order chi connectivity index (χ0) is 13.4. The highest BCUT2D eigenvalue weighted by molar-refractivity contribution is 7.87. The Labute approximate surface area is 112 Å². The highest BCUT2D eigenvalue weighted by atomic mass is 32.2. The van der Waals surface area contributed by atoms with Gasteiger partial charge in [-0.3, -0.25) is 0 Å². The number of hydrogen-bond acceptors (Lipinski definition) is 3. The Morgan fingerprint density at radius 3 is 2.22 bits per heavy atom. The third kappa shape index (κ3) is 5.22. The van der Waals surface area contributed by atoms with Crippen LogP contribution in [0.1, 0.15) is 39.0 Å². The van der Waals surface area contributed by atoms with Crippen LogP contribution in [-0.2, 0) is 10.2 Å². The summed E-state index contributed by atoms with van der Waals surface area (Å²) in [6.07, 6.45) is 5.95. The first-order valence-corrected chi connectivity index (χ1v) is 8.45. The molecule has 1 N–H and O–H groups in total. The minimum atomic E-state index is -3.28. The molecule has 1 rings (SSSR count). The van der Waals surface area contributed by atoms with Crippen molar-refractivity contribution in [3.05, 3.63) is 0 Å². The van der Waals surface area contributed by atoms with Crippen LogP contribution in [0.2, 0.25) is 0 Å². The van der Waals surface area contributed by atoms with Crippen LogP contribution in [-0.4, -0.2) is 57.4 Å². The van der Waals surface area contributed by atoms with Gasteiger partial charge in [-0.1, -0.05) is 19.8 Å². The first-order valence-electron chi connectivity index (χ1n) is 7.01. The monoisotopic (exact) mass is 277 g/mol. The van der Waals surface area contributed by atoms with Gasteiger partial charge in [0.1, 0.15) is 0 Å². The zero-order valence-electron chi connectivity index (χ0n) is 11.7. The van der Waals surface area contributed by atoms with Crippen molar-refractivity contribution in [2.24, 2.45) is 0 Å². The highest BCUT2D eigenvalue weighted by Crippen LogP contribution is 2.10. The fraction of sp³-hybridized carbons (Fsp3) is 1.00. The van der Waals surface area contributed by atoms with E-state index >= 15 is 0 Å². The van der Waals surface area contributed by atoms with Crippen molar-refractivity contribution in [1.29, 1.82) is 0 Å². The number of nitrogens with zero attached hydrogens (tertiary/aromatic N) is 2. The first kappa shape index (κ1) is 15.9. The average Bonchev–Trinajstić information content (AvgIpc) is 2.62. The van der Waals surface area contributed by atoms with E-state index in [0.29, 0.717) is 13.1 Å². The summed E-state index contributed by atoms with van der Waals surface area (Å²) >= 11 is 0. The van der Waals surface area contributed by atoms with Crippen molar-refractivity contribution in [3.63, 3.8) is 0 Å². The molecule has 1 aliphatic heterocycles. The molecule has 6 heteroatoms. The van der Waals surface area contributed by atoms with E-state index in [9.17, 15) is 8.42 Å². The molecular weight excluding hydrogens is 250 g/mol. The van der Waals surface area contributed by atoms with Crippen molar-refractivity contribution in [3.8, 4) is 0 Å². The molecule has 0 unspecified atom stereocenters. The zero-order valence-corrected chi connectivity index (χ0v) is 12.5. The molecule has 0 aromatic heterocycles. The van der Waals surface area contributed by atoms with E-state index < -0.39 is 10.2 Å². The highest BCUT2D eigenvalue weighted by Gasteiger charge is 2.20. The summed E-state index contributed by atoms with van der Waals surface area (Å²) in [4.78, 5) is 2.39. The van der Waals surface area contributed by atoms with Crippen LogP contribution in [0.5, 0.6) is 0 Å². The molecule has 0 bridgehead atoms. The Kier molecular flexibility index (Phi) is 7.14. The number of hydrogen-bond donors (Lipinski definition) is 1. The molecule has 0 radical (unpaired) electrons. The predicted octanol–water partition coefficient (Wildman–Crippen LogP) is 1.04. The molecule has 0 aromatic rings. The second-order valence-electron chi connectivity index (χ2n) is 4.86. The fourth-order valence-corrected chi connectivity index (χ4v) is 3.35. The third-order valence-electron chi connectivity index (χ3n) is 3.44. The van der Waals surface area contributed by atoms with Gasteiger partial charge in [0, 0.05) is 26.7 Å². The summed E-state index contributed by atoms with van der Waals surface area (Å²) in [6.45, 7) is 6.26. The largest absolute Gasteiger partial charge is 0.302 e. The molecule has 0 aromatic carbocycles. The minimum absolute atomic E-state index is 0.594. The van der Waals surface area contributed by atoms with Crippen molar-refractivity contribution in [2.45, 2.75) is 39.0 Å². The first-order chi connectivity index (χ1) is 8.60. The Morgan fingerprint density at radius 2 is 1.72 bits per heavy atom. The summed E-state index contributed by atoms with van der Waals surface area (Å²) in [7, 11) is -1.80. The number of rotatable bonds is 7. The van der Waals surface area contributed by atoms with Gasteiger partial charge in [0.2, 0.25) is 0 Å². The SMILES string of the molecule is CCCN(CCN1CCCCCC1)S(=O)(=O)NC. The number of likely N-dealkylation sites (tertiary alicyclic amines) is 1. The van der Waals surface area contributed by atoms with Gasteiger partial charge in [-0.15, -0.1) is 0 Å². The molecule has 1 aliphatic rings. The molecule has 18 heavy (non-hydrogen) atoms. The molecule has 0 spiro atoms. The fourth-order valence-electron chi connectivity index (χ4n) is 2.34. The topological polar surface area (TPSA) is 52.7 Å². The van der Waals surface area contributed by atoms with Crippen LogP contribution in [0.3, 0.4) is 0 Å². The van der Waals surface area contributed by atoms with Gasteiger partial charge in [0.15, 0.2) is 0 Å². The van der Waals surface area contributed by atoms with Gasteiger partial charge in [0.05, 0.1) is 0 Å². The van der Waals surface area contributed by atoms with E-state index in [2.05, 4.69) is 9.62 Å². The lowest BCUT2D eigenvalue weighted by atomic mass is 10.2. The van der Waals surface area contributed by atoms with Crippen molar-refractivity contribution in [1.82, 2.24) is 13.9 Å². The van der Waals surface area contributed by atoms with Gasteiger partial charge in [-0.25, -0.2) is 4.72 Å². The molecule has 1 fully saturated rings. The van der Waals surface area contributed by atoms with Crippen LogP contribution in [0.25, 0.3) is 0 Å². The second kappa shape index (κ2) is 8.09. The Bertz CT molecular complexity index is 311. The van der Waals surface area contributed by atoms with Gasteiger partial charge in [-0.05, 0) is 32.4 Å². The molecule has 108 valence electrons. The van der Waals surface area contributed by atoms with Gasteiger partial charge < -0.3 is 4.90 Å². The molecule has 5 nitrogen and oxygen atoms in total. The van der Waals surface area contributed by atoms with Crippen LogP contribution >= 0.6 is 0 Å². The van der Waals surface area contributed by atoms with Crippen molar-refractivity contribution >= 4 is 10.2 Å². The van der Waals surface area contributed by atoms with Gasteiger partial charge in [0.25, 0.3) is 10.2 Å². The second-order valence-corrected chi connectivity index (χ2v) is 6.74. The van der Waals surface area contributed by atoms with Crippen LogP contribution in [0.4, 0.5) is 0 Å². The lowest BCUT2D eigenvalue weighted by Crippen LogP contribution is -2.43. The van der Waals surface area contributed by atoms with E-state index in [-0.39, 0.29) is 0 Å². The van der Waals surface area contributed by atoms with Crippen LogP contribution in [0, 0.1) is 0 Å². The molecule has 0 atom stereocenters. The summed E-state index contributed by atoms with van der Waals surface area (Å²) in [5.74, 6) is 0. The van der Waals surface area contributed by atoms with E-state index in [0.717, 1.165) is 26.1 Å². The maximum atomic E-state index is 11.8. The quantitative estimate of drug-likeness (QED) is 0.756. The lowest BCUT2D eigenvalue weighted by molar-refractivity contribution is 0.256. The molecule has 1 heterocycles. The van der Waals surface area contributed by atoms with Crippen molar-refractivity contribution in [2.75, 3.05) is 39.8 Å². The van der Waals surface area contributed by atoms with Crippen molar-refractivity contribution < 1.29 is 8.42 Å². The number of nitrogens with one attached hydrogen (secondary N) is 1. The Balaban J connectivity index is 2.46. The Hall–Kier alpha value is -0.170. The maximum Gasteiger partial charge on any atom is 0.279 e. The Morgan fingerprint density at radius 1 is 1.11 bits per heavy atom. The predicted molar refractivity (Wildman–Crippen MR) is 74.8 cm³/mol. The molecule has 0 amide bonds.